The van der Waals surface area contributed by atoms with Crippen molar-refractivity contribution >= 4 is 21.3 Å². The topological polar surface area (TPSA) is 60.4 Å². The summed E-state index contributed by atoms with van der Waals surface area (Å²) >= 11 is 0. The Morgan fingerprint density at radius 2 is 1.69 bits per heavy atom. The van der Waals surface area contributed by atoms with Crippen LogP contribution in [0.1, 0.15) is 15.9 Å². The maximum absolute atomic E-state index is 11.1. The Labute approximate surface area is 75.3 Å². The van der Waals surface area contributed by atoms with Gasteiger partial charge in [0.15, 0.2) is 0 Å². The summed E-state index contributed by atoms with van der Waals surface area (Å²) in [4.78, 5) is 11.1. The Morgan fingerprint density at radius 3 is 2.31 bits per heavy atom. The third kappa shape index (κ3) is 1.13. The first-order valence-corrected chi connectivity index (χ1v) is 4.55. The lowest BCUT2D eigenvalue weighted by Crippen LogP contribution is -2.00. The average molecular weight is 196 g/mol. The number of cyclic esters (lactones) is 1. The first-order valence-electron chi connectivity index (χ1n) is 3.48. The molecule has 1 aliphatic heterocycles. The van der Waals surface area contributed by atoms with Crippen LogP contribution in [0.25, 0.3) is 0 Å². The van der Waals surface area contributed by atoms with E-state index >= 15 is 0 Å². The Bertz CT molecular complexity index is 505. The van der Waals surface area contributed by atoms with Gasteiger partial charge in [-0.3, -0.25) is 0 Å². The number of hydrogen-bond acceptors (Lipinski definition) is 4. The Balaban J connectivity index is 2.82. The van der Waals surface area contributed by atoms with Crippen molar-refractivity contribution in [3.05, 3.63) is 35.4 Å². The normalized spacial score (nSPS) is 13.8. The summed E-state index contributed by atoms with van der Waals surface area (Å²) in [5.74, 6) is -0.616. The molecule has 0 radical (unpaired) electrons. The van der Waals surface area contributed by atoms with Crippen LogP contribution in [-0.4, -0.2) is 19.4 Å². The standard InChI is InChI=1S/C8H4O4S/c9-7-5-3-1-2-4-6(5)8(12-7)13(10)11/h1-4H. The fourth-order valence-corrected chi connectivity index (χ4v) is 1.66. The van der Waals surface area contributed by atoms with Crippen LogP contribution in [0, 0.1) is 0 Å². The highest BCUT2D eigenvalue weighted by molar-refractivity contribution is 7.73. The number of fused-ring (bicyclic) bond motifs is 1. The first kappa shape index (κ1) is 8.00. The van der Waals surface area contributed by atoms with Gasteiger partial charge in [0.1, 0.15) is 0 Å². The van der Waals surface area contributed by atoms with Gasteiger partial charge >= 0.3 is 5.97 Å². The lowest BCUT2D eigenvalue weighted by atomic mass is 10.1. The van der Waals surface area contributed by atoms with Crippen molar-refractivity contribution in [2.45, 2.75) is 0 Å². The minimum Gasteiger partial charge on any atom is -0.405 e. The van der Waals surface area contributed by atoms with Gasteiger partial charge in [-0.25, -0.2) is 4.79 Å². The molecule has 4 nitrogen and oxygen atoms in total. The Kier molecular flexibility index (Phi) is 1.66. The van der Waals surface area contributed by atoms with Crippen LogP contribution in [0.2, 0.25) is 0 Å². The molecule has 1 aromatic rings. The van der Waals surface area contributed by atoms with Gasteiger partial charge in [0.25, 0.3) is 15.3 Å². The summed E-state index contributed by atoms with van der Waals surface area (Å²) in [6, 6.07) is 6.35. The molecule has 0 unspecified atom stereocenters. The van der Waals surface area contributed by atoms with Gasteiger partial charge in [0, 0.05) is 5.56 Å². The SMILES string of the molecule is O=C1OC(=S(=O)=O)c2ccccc21. The first-order chi connectivity index (χ1) is 6.20. The van der Waals surface area contributed by atoms with Gasteiger partial charge in [-0.15, -0.1) is 0 Å². The second-order valence-electron chi connectivity index (χ2n) is 2.46. The van der Waals surface area contributed by atoms with E-state index in [0.717, 1.165) is 0 Å². The van der Waals surface area contributed by atoms with Crippen LogP contribution in [0.5, 0.6) is 0 Å². The van der Waals surface area contributed by atoms with Crippen LogP contribution >= 0.6 is 0 Å². The molecular weight excluding hydrogens is 192 g/mol. The van der Waals surface area contributed by atoms with E-state index in [4.69, 9.17) is 0 Å². The van der Waals surface area contributed by atoms with Gasteiger partial charge in [-0.1, -0.05) is 12.1 Å². The largest absolute Gasteiger partial charge is 0.405 e. The number of rotatable bonds is 0. The highest BCUT2D eigenvalue weighted by Gasteiger charge is 2.27. The minimum absolute atomic E-state index is 0.291. The molecule has 0 atom stereocenters. The van der Waals surface area contributed by atoms with Crippen LogP contribution in [0.4, 0.5) is 0 Å². The quantitative estimate of drug-likeness (QED) is 0.439. The number of benzene rings is 1. The van der Waals surface area contributed by atoms with Crippen molar-refractivity contribution < 1.29 is 17.9 Å². The van der Waals surface area contributed by atoms with Crippen LogP contribution in [0.15, 0.2) is 24.3 Å². The molecule has 0 saturated carbocycles. The van der Waals surface area contributed by atoms with Crippen LogP contribution in [0.3, 0.4) is 0 Å². The van der Waals surface area contributed by atoms with Crippen molar-refractivity contribution in [2.75, 3.05) is 0 Å². The van der Waals surface area contributed by atoms with Gasteiger partial charge in [-0.2, -0.15) is 8.42 Å². The van der Waals surface area contributed by atoms with Gasteiger partial charge < -0.3 is 4.74 Å². The second-order valence-corrected chi connectivity index (χ2v) is 3.30. The Hall–Kier alpha value is -1.62. The van der Waals surface area contributed by atoms with E-state index in [1.807, 2.05) is 0 Å². The van der Waals surface area contributed by atoms with E-state index in [1.54, 1.807) is 12.1 Å². The molecule has 1 aromatic carbocycles. The lowest BCUT2D eigenvalue weighted by Gasteiger charge is -1.88. The van der Waals surface area contributed by atoms with Gasteiger partial charge in [0.05, 0.1) is 5.56 Å². The van der Waals surface area contributed by atoms with E-state index in [2.05, 4.69) is 4.74 Å². The molecule has 5 heteroatoms. The minimum atomic E-state index is -2.50. The highest BCUT2D eigenvalue weighted by atomic mass is 32.2. The average Bonchev–Trinajstić information content (AvgIpc) is 2.45. The Morgan fingerprint density at radius 1 is 1.08 bits per heavy atom. The molecule has 2 rings (SSSR count). The molecule has 1 aliphatic rings. The van der Waals surface area contributed by atoms with Gasteiger partial charge in [-0.05, 0) is 12.1 Å². The summed E-state index contributed by atoms with van der Waals surface area (Å²) in [5.41, 5.74) is 0.627. The molecular formula is C8H4O4S. The molecule has 0 aliphatic carbocycles. The summed E-state index contributed by atoms with van der Waals surface area (Å²) in [5, 5.41) is -0.291. The molecule has 0 amide bonds. The van der Waals surface area contributed by atoms with Crippen molar-refractivity contribution in [3.63, 3.8) is 0 Å². The summed E-state index contributed by atoms with van der Waals surface area (Å²) in [7, 11) is -2.50. The maximum Gasteiger partial charge on any atom is 0.345 e. The van der Waals surface area contributed by atoms with Crippen molar-refractivity contribution in [3.8, 4) is 0 Å². The van der Waals surface area contributed by atoms with E-state index < -0.39 is 16.3 Å². The van der Waals surface area contributed by atoms with E-state index in [9.17, 15) is 13.2 Å². The molecule has 66 valence electrons. The fraction of sp³-hybridized carbons (Fsp3) is 0. The summed E-state index contributed by atoms with van der Waals surface area (Å²) < 4.78 is 25.7. The molecule has 0 spiro atoms. The molecule has 0 N–H and O–H groups in total. The smallest absolute Gasteiger partial charge is 0.345 e. The van der Waals surface area contributed by atoms with Crippen molar-refractivity contribution in [2.24, 2.45) is 0 Å². The summed E-state index contributed by atoms with van der Waals surface area (Å²) in [6.45, 7) is 0. The number of ether oxygens (including phenoxy) is 1. The van der Waals surface area contributed by atoms with E-state index in [-0.39, 0.29) is 5.05 Å². The van der Waals surface area contributed by atoms with E-state index in [1.165, 1.54) is 12.1 Å². The number of esters is 1. The fourth-order valence-electron chi connectivity index (χ4n) is 1.16. The lowest BCUT2D eigenvalue weighted by molar-refractivity contribution is 0.0741. The zero-order valence-electron chi connectivity index (χ0n) is 6.35. The predicted octanol–water partition coefficient (Wildman–Crippen LogP) is 0.214. The zero-order chi connectivity index (χ0) is 9.42. The van der Waals surface area contributed by atoms with Crippen molar-refractivity contribution in [1.29, 1.82) is 0 Å². The third-order valence-electron chi connectivity index (χ3n) is 1.70. The monoisotopic (exact) mass is 196 g/mol. The number of carbonyl (C=O) groups excluding carboxylic acids is 1. The number of carbonyl (C=O) groups is 1. The number of hydrogen-bond donors (Lipinski definition) is 0. The molecule has 0 bridgehead atoms. The molecule has 0 aromatic heterocycles. The predicted molar refractivity (Wildman–Crippen MR) is 44.9 cm³/mol. The zero-order valence-corrected chi connectivity index (χ0v) is 7.17. The van der Waals surface area contributed by atoms with E-state index in [0.29, 0.717) is 11.1 Å². The molecule has 0 saturated heterocycles. The van der Waals surface area contributed by atoms with Gasteiger partial charge in [0.2, 0.25) is 0 Å². The van der Waals surface area contributed by atoms with Crippen LogP contribution in [-0.2, 0) is 15.0 Å². The molecule has 1 heterocycles. The third-order valence-corrected chi connectivity index (χ3v) is 2.31. The maximum atomic E-state index is 11.1. The molecule has 13 heavy (non-hydrogen) atoms. The van der Waals surface area contributed by atoms with Crippen LogP contribution < -0.4 is 0 Å². The highest BCUT2D eigenvalue weighted by Crippen LogP contribution is 2.18. The van der Waals surface area contributed by atoms with Crippen molar-refractivity contribution in [1.82, 2.24) is 0 Å². The second kappa shape index (κ2) is 2.70. The summed E-state index contributed by atoms with van der Waals surface area (Å²) in [6.07, 6.45) is 0. The molecule has 0 fully saturated rings.